The Balaban J connectivity index is 3.16. The molecule has 0 aliphatic rings. The van der Waals surface area contributed by atoms with Crippen LogP contribution in [0.1, 0.15) is 103 Å². The average molecular weight is 326 g/mol. The van der Waals surface area contributed by atoms with E-state index < -0.39 is 0 Å². The van der Waals surface area contributed by atoms with E-state index in [1.165, 1.54) is 83.5 Å². The Bertz CT molecular complexity index is 284. The summed E-state index contributed by atoms with van der Waals surface area (Å²) in [5.41, 5.74) is 6.19. The zero-order valence-corrected chi connectivity index (χ0v) is 15.5. The summed E-state index contributed by atoms with van der Waals surface area (Å²) in [7, 11) is 0. The molecule has 0 unspecified atom stereocenters. The molecular weight excluding hydrogens is 285 g/mol. The number of nitrogens with two attached hydrogens (primary N) is 1. The molecule has 1 nitrogen and oxygen atoms in total. The van der Waals surface area contributed by atoms with Gasteiger partial charge in [-0.25, -0.2) is 4.39 Å². The van der Waals surface area contributed by atoms with Crippen molar-refractivity contribution < 1.29 is 4.39 Å². The van der Waals surface area contributed by atoms with E-state index in [-0.39, 0.29) is 0 Å². The lowest BCUT2D eigenvalue weighted by molar-refractivity contribution is 0.589. The third-order valence-corrected chi connectivity index (χ3v) is 4.43. The fraction of sp³-hybridized carbons (Fsp3) is 0.810. The van der Waals surface area contributed by atoms with E-state index in [9.17, 15) is 4.39 Å². The second-order valence-electron chi connectivity index (χ2n) is 6.66. The summed E-state index contributed by atoms with van der Waals surface area (Å²) >= 11 is 0. The van der Waals surface area contributed by atoms with Gasteiger partial charge in [0.25, 0.3) is 0 Å². The molecule has 0 heterocycles. The van der Waals surface area contributed by atoms with Gasteiger partial charge in [-0.1, -0.05) is 76.9 Å². The van der Waals surface area contributed by atoms with Crippen LogP contribution < -0.4 is 5.73 Å². The largest absolute Gasteiger partial charge is 0.327 e. The molecule has 0 aromatic heterocycles. The topological polar surface area (TPSA) is 26.0 Å². The molecule has 0 radical (unpaired) electrons. The van der Waals surface area contributed by atoms with E-state index in [4.69, 9.17) is 5.73 Å². The van der Waals surface area contributed by atoms with Gasteiger partial charge in [0.2, 0.25) is 0 Å². The second kappa shape index (κ2) is 19.4. The number of hydrogen-bond donors (Lipinski definition) is 1. The van der Waals surface area contributed by atoms with Crippen LogP contribution in [0.4, 0.5) is 4.39 Å². The van der Waals surface area contributed by atoms with Crippen molar-refractivity contribution >= 4 is 0 Å². The first-order chi connectivity index (χ1) is 11.3. The van der Waals surface area contributed by atoms with Gasteiger partial charge in [0.15, 0.2) is 0 Å². The Morgan fingerprint density at radius 1 is 0.739 bits per heavy atom. The highest BCUT2D eigenvalue weighted by Gasteiger charge is 1.96. The van der Waals surface area contributed by atoms with Crippen LogP contribution >= 0.6 is 0 Å². The van der Waals surface area contributed by atoms with E-state index in [1.54, 1.807) is 0 Å². The Morgan fingerprint density at radius 3 is 1.70 bits per heavy atom. The van der Waals surface area contributed by atoms with Gasteiger partial charge in [0.1, 0.15) is 0 Å². The van der Waals surface area contributed by atoms with Crippen molar-refractivity contribution in [1.82, 2.24) is 0 Å². The molecule has 136 valence electrons. The molecule has 0 aromatic carbocycles. The SMILES string of the molecule is CCCCCCCC/C=C/CCCCCCCC/C(=C\F)CN. The van der Waals surface area contributed by atoms with E-state index in [1.807, 2.05) is 0 Å². The number of hydrogen-bond acceptors (Lipinski definition) is 1. The monoisotopic (exact) mass is 325 g/mol. The first-order valence-corrected chi connectivity index (χ1v) is 9.98. The van der Waals surface area contributed by atoms with Crippen molar-refractivity contribution in [3.63, 3.8) is 0 Å². The summed E-state index contributed by atoms with van der Waals surface area (Å²) in [4.78, 5) is 0. The smallest absolute Gasteiger partial charge is 0.0871 e. The van der Waals surface area contributed by atoms with Crippen LogP contribution in [0.3, 0.4) is 0 Å². The molecule has 0 aromatic rings. The Hall–Kier alpha value is -0.630. The maximum Gasteiger partial charge on any atom is 0.0871 e. The average Bonchev–Trinajstić information content (AvgIpc) is 2.58. The van der Waals surface area contributed by atoms with Crippen LogP contribution in [0, 0.1) is 0 Å². The normalized spacial score (nSPS) is 12.4. The van der Waals surface area contributed by atoms with E-state index in [0.717, 1.165) is 18.4 Å². The minimum Gasteiger partial charge on any atom is -0.327 e. The zero-order chi connectivity index (χ0) is 17.0. The summed E-state index contributed by atoms with van der Waals surface area (Å²) in [5.74, 6) is 0. The standard InChI is InChI=1S/C21H40FN/c1-2-3-4-5-6-7-8-9-10-11-12-13-14-15-16-17-18-21(19-22)20-23/h9-10,19H,2-8,11-18,20,23H2,1H3/b10-9+,21-19+. The minimum atomic E-state index is 0.363. The van der Waals surface area contributed by atoms with Crippen molar-refractivity contribution in [2.24, 2.45) is 5.73 Å². The molecule has 0 spiro atoms. The first kappa shape index (κ1) is 22.4. The Morgan fingerprint density at radius 2 is 1.22 bits per heavy atom. The van der Waals surface area contributed by atoms with Crippen molar-refractivity contribution in [2.75, 3.05) is 6.54 Å². The molecule has 0 rings (SSSR count). The van der Waals surface area contributed by atoms with E-state index in [0.29, 0.717) is 12.9 Å². The molecule has 0 bridgehead atoms. The summed E-state index contributed by atoms with van der Waals surface area (Å²) in [6.45, 7) is 2.63. The van der Waals surface area contributed by atoms with Crippen LogP contribution in [0.15, 0.2) is 24.1 Å². The molecule has 0 aliphatic heterocycles. The van der Waals surface area contributed by atoms with Crippen LogP contribution in [-0.4, -0.2) is 6.54 Å². The van der Waals surface area contributed by atoms with Crippen LogP contribution in [0.25, 0.3) is 0 Å². The van der Waals surface area contributed by atoms with Gasteiger partial charge in [-0.15, -0.1) is 0 Å². The lowest BCUT2D eigenvalue weighted by atomic mass is 10.0. The van der Waals surface area contributed by atoms with Crippen molar-refractivity contribution in [2.45, 2.75) is 103 Å². The number of halogens is 1. The van der Waals surface area contributed by atoms with E-state index >= 15 is 0 Å². The molecule has 0 saturated carbocycles. The Labute approximate surface area is 144 Å². The summed E-state index contributed by atoms with van der Waals surface area (Å²) in [5, 5.41) is 0. The van der Waals surface area contributed by atoms with E-state index in [2.05, 4.69) is 19.1 Å². The zero-order valence-electron chi connectivity index (χ0n) is 15.5. The lowest BCUT2D eigenvalue weighted by Crippen LogP contribution is -2.02. The second-order valence-corrected chi connectivity index (χ2v) is 6.66. The Kier molecular flexibility index (Phi) is 18.9. The van der Waals surface area contributed by atoms with Gasteiger partial charge >= 0.3 is 0 Å². The predicted molar refractivity (Wildman–Crippen MR) is 102 cm³/mol. The fourth-order valence-electron chi connectivity index (χ4n) is 2.80. The third kappa shape index (κ3) is 17.6. The van der Waals surface area contributed by atoms with Crippen LogP contribution in [0.2, 0.25) is 0 Å². The maximum atomic E-state index is 12.3. The summed E-state index contributed by atoms with van der Waals surface area (Å²) in [6.07, 6.45) is 24.5. The van der Waals surface area contributed by atoms with Crippen LogP contribution in [0.5, 0.6) is 0 Å². The predicted octanol–water partition coefficient (Wildman–Crippen LogP) is 7.23. The summed E-state index contributed by atoms with van der Waals surface area (Å²) in [6, 6.07) is 0. The van der Waals surface area contributed by atoms with Gasteiger partial charge in [0, 0.05) is 6.54 Å². The quantitative estimate of drug-likeness (QED) is 0.221. The molecule has 0 aliphatic carbocycles. The molecule has 0 fully saturated rings. The highest BCUT2D eigenvalue weighted by atomic mass is 19.1. The number of unbranched alkanes of at least 4 members (excludes halogenated alkanes) is 12. The molecule has 2 heteroatoms. The number of rotatable bonds is 17. The highest BCUT2D eigenvalue weighted by molar-refractivity contribution is 4.98. The van der Waals surface area contributed by atoms with Gasteiger partial charge in [-0.2, -0.15) is 0 Å². The molecule has 23 heavy (non-hydrogen) atoms. The van der Waals surface area contributed by atoms with Gasteiger partial charge in [-0.05, 0) is 44.1 Å². The van der Waals surface area contributed by atoms with Crippen LogP contribution in [-0.2, 0) is 0 Å². The molecule has 0 amide bonds. The van der Waals surface area contributed by atoms with Crippen molar-refractivity contribution in [3.8, 4) is 0 Å². The van der Waals surface area contributed by atoms with Crippen molar-refractivity contribution in [3.05, 3.63) is 24.1 Å². The van der Waals surface area contributed by atoms with Gasteiger partial charge in [-0.3, -0.25) is 0 Å². The molecule has 2 N–H and O–H groups in total. The lowest BCUT2D eigenvalue weighted by Gasteiger charge is -2.03. The molecular formula is C21H40FN. The fourth-order valence-corrected chi connectivity index (χ4v) is 2.80. The van der Waals surface area contributed by atoms with Gasteiger partial charge < -0.3 is 5.73 Å². The van der Waals surface area contributed by atoms with Crippen molar-refractivity contribution in [1.29, 1.82) is 0 Å². The summed E-state index contributed by atoms with van der Waals surface area (Å²) < 4.78 is 12.3. The maximum absolute atomic E-state index is 12.3. The first-order valence-electron chi connectivity index (χ1n) is 9.98. The third-order valence-electron chi connectivity index (χ3n) is 4.43. The minimum absolute atomic E-state index is 0.363. The highest BCUT2D eigenvalue weighted by Crippen LogP contribution is 2.12. The number of allylic oxidation sites excluding steroid dienone is 2. The molecule has 0 atom stereocenters. The van der Waals surface area contributed by atoms with Gasteiger partial charge in [0.05, 0.1) is 6.33 Å². The molecule has 0 saturated heterocycles.